The van der Waals surface area contributed by atoms with Crippen LogP contribution in [0.4, 0.5) is 0 Å². The summed E-state index contributed by atoms with van der Waals surface area (Å²) in [6, 6.07) is 18.6. The number of aromatic nitrogens is 2. The van der Waals surface area contributed by atoms with E-state index in [0.29, 0.717) is 0 Å². The Morgan fingerprint density at radius 1 is 0.857 bits per heavy atom. The lowest BCUT2D eigenvalue weighted by atomic mass is 10.2. The Kier molecular flexibility index (Phi) is 2.90. The van der Waals surface area contributed by atoms with E-state index in [1.165, 1.54) is 21.9 Å². The number of para-hydroxylation sites is 1. The summed E-state index contributed by atoms with van der Waals surface area (Å²) >= 11 is 5.97. The van der Waals surface area contributed by atoms with Gasteiger partial charge in [-0.2, -0.15) is 0 Å². The van der Waals surface area contributed by atoms with Crippen LogP contribution in [0.5, 0.6) is 0 Å². The number of pyridine rings is 1. The van der Waals surface area contributed by atoms with E-state index in [9.17, 15) is 0 Å². The molecule has 0 bridgehead atoms. The van der Waals surface area contributed by atoms with Gasteiger partial charge in [0, 0.05) is 34.1 Å². The number of rotatable bonds is 2. The fraction of sp³-hybridized carbons (Fsp3) is 0.0556. The lowest BCUT2D eigenvalue weighted by molar-refractivity contribution is 0.867. The van der Waals surface area contributed by atoms with Crippen molar-refractivity contribution in [2.45, 2.75) is 6.54 Å². The minimum absolute atomic E-state index is 0.766. The van der Waals surface area contributed by atoms with Crippen molar-refractivity contribution in [3.05, 3.63) is 77.6 Å². The molecule has 0 saturated heterocycles. The van der Waals surface area contributed by atoms with Crippen LogP contribution >= 0.6 is 11.6 Å². The van der Waals surface area contributed by atoms with Crippen molar-refractivity contribution >= 4 is 33.4 Å². The van der Waals surface area contributed by atoms with Gasteiger partial charge in [0.2, 0.25) is 0 Å². The van der Waals surface area contributed by atoms with E-state index in [2.05, 4.69) is 52.0 Å². The number of hydrogen-bond acceptors (Lipinski definition) is 1. The zero-order valence-corrected chi connectivity index (χ0v) is 12.1. The van der Waals surface area contributed by atoms with E-state index in [1.54, 1.807) is 0 Å². The topological polar surface area (TPSA) is 17.8 Å². The number of fused-ring (bicyclic) bond motifs is 3. The molecule has 2 aromatic heterocycles. The first-order valence-electron chi connectivity index (χ1n) is 6.88. The Morgan fingerprint density at radius 2 is 1.62 bits per heavy atom. The predicted octanol–water partition coefficient (Wildman–Crippen LogP) is 4.89. The van der Waals surface area contributed by atoms with Crippen LogP contribution in [0.3, 0.4) is 0 Å². The van der Waals surface area contributed by atoms with Crippen molar-refractivity contribution in [1.82, 2.24) is 9.55 Å². The normalized spacial score (nSPS) is 11.3. The highest BCUT2D eigenvalue weighted by Crippen LogP contribution is 2.28. The third-order valence-corrected chi connectivity index (χ3v) is 4.08. The van der Waals surface area contributed by atoms with E-state index < -0.39 is 0 Å². The van der Waals surface area contributed by atoms with Crippen LogP contribution in [-0.4, -0.2) is 9.55 Å². The summed E-state index contributed by atoms with van der Waals surface area (Å²) in [6.07, 6.45) is 3.78. The first-order chi connectivity index (χ1) is 10.3. The molecule has 3 heteroatoms. The van der Waals surface area contributed by atoms with Crippen molar-refractivity contribution in [3.63, 3.8) is 0 Å². The van der Waals surface area contributed by atoms with Crippen LogP contribution in [0, 0.1) is 0 Å². The summed E-state index contributed by atoms with van der Waals surface area (Å²) in [5.74, 6) is 0. The fourth-order valence-corrected chi connectivity index (χ4v) is 2.96. The average molecular weight is 293 g/mol. The standard InChI is InChI=1S/C18H13ClN2/c19-14-7-5-13(6-8-14)12-21-17-4-2-1-3-15(17)16-9-10-20-11-18(16)21/h1-11H,12H2. The van der Waals surface area contributed by atoms with Gasteiger partial charge in [-0.3, -0.25) is 4.98 Å². The number of halogens is 1. The monoisotopic (exact) mass is 292 g/mol. The third kappa shape index (κ3) is 2.08. The minimum atomic E-state index is 0.766. The van der Waals surface area contributed by atoms with Crippen LogP contribution in [0.15, 0.2) is 67.0 Å². The van der Waals surface area contributed by atoms with Crippen molar-refractivity contribution < 1.29 is 0 Å². The summed E-state index contributed by atoms with van der Waals surface area (Å²) in [4.78, 5) is 4.28. The molecule has 2 aromatic carbocycles. The SMILES string of the molecule is Clc1ccc(Cn2c3ccccc3c3ccncc32)cc1. The van der Waals surface area contributed by atoms with Crippen LogP contribution < -0.4 is 0 Å². The van der Waals surface area contributed by atoms with Gasteiger partial charge in [0.05, 0.1) is 11.7 Å². The molecule has 0 aliphatic rings. The van der Waals surface area contributed by atoms with Crippen molar-refractivity contribution in [2.75, 3.05) is 0 Å². The van der Waals surface area contributed by atoms with Gasteiger partial charge in [-0.25, -0.2) is 0 Å². The van der Waals surface area contributed by atoms with Gasteiger partial charge in [-0.1, -0.05) is 41.9 Å². The second kappa shape index (κ2) is 4.90. The summed E-state index contributed by atoms with van der Waals surface area (Å²) in [5.41, 5.74) is 3.62. The summed E-state index contributed by atoms with van der Waals surface area (Å²) in [5, 5.41) is 3.28. The molecule has 0 amide bonds. The van der Waals surface area contributed by atoms with Gasteiger partial charge in [0.25, 0.3) is 0 Å². The molecule has 4 rings (SSSR count). The van der Waals surface area contributed by atoms with Gasteiger partial charge in [0.1, 0.15) is 0 Å². The van der Waals surface area contributed by atoms with Gasteiger partial charge in [-0.15, -0.1) is 0 Å². The molecule has 0 aliphatic heterocycles. The lowest BCUT2D eigenvalue weighted by Gasteiger charge is -2.07. The quantitative estimate of drug-likeness (QED) is 0.514. The fourth-order valence-electron chi connectivity index (χ4n) is 2.84. The molecule has 0 aliphatic carbocycles. The van der Waals surface area contributed by atoms with Crippen molar-refractivity contribution in [1.29, 1.82) is 0 Å². The van der Waals surface area contributed by atoms with Crippen molar-refractivity contribution in [2.24, 2.45) is 0 Å². The van der Waals surface area contributed by atoms with E-state index in [0.717, 1.165) is 17.1 Å². The van der Waals surface area contributed by atoms with Gasteiger partial charge < -0.3 is 4.57 Å². The number of nitrogens with zero attached hydrogens (tertiary/aromatic N) is 2. The van der Waals surface area contributed by atoms with E-state index in [1.807, 2.05) is 24.5 Å². The minimum Gasteiger partial charge on any atom is -0.335 e. The molecule has 0 fully saturated rings. The molecule has 2 heterocycles. The second-order valence-electron chi connectivity index (χ2n) is 5.12. The molecule has 102 valence electrons. The highest BCUT2D eigenvalue weighted by atomic mass is 35.5. The molecular weight excluding hydrogens is 280 g/mol. The smallest absolute Gasteiger partial charge is 0.0680 e. The Labute approximate surface area is 127 Å². The van der Waals surface area contributed by atoms with E-state index >= 15 is 0 Å². The Balaban J connectivity index is 1.95. The van der Waals surface area contributed by atoms with Crippen molar-refractivity contribution in [3.8, 4) is 0 Å². The average Bonchev–Trinajstić information content (AvgIpc) is 2.85. The number of benzene rings is 2. The molecule has 4 aromatic rings. The molecule has 0 atom stereocenters. The van der Waals surface area contributed by atoms with Gasteiger partial charge >= 0.3 is 0 Å². The maximum atomic E-state index is 5.97. The van der Waals surface area contributed by atoms with Gasteiger partial charge in [0.15, 0.2) is 0 Å². The second-order valence-corrected chi connectivity index (χ2v) is 5.56. The predicted molar refractivity (Wildman–Crippen MR) is 87.8 cm³/mol. The molecule has 0 saturated carbocycles. The van der Waals surface area contributed by atoms with Crippen LogP contribution in [0.2, 0.25) is 5.02 Å². The van der Waals surface area contributed by atoms with Crippen LogP contribution in [0.25, 0.3) is 21.8 Å². The molecule has 0 spiro atoms. The van der Waals surface area contributed by atoms with Gasteiger partial charge in [-0.05, 0) is 29.8 Å². The maximum Gasteiger partial charge on any atom is 0.0680 e. The Bertz CT molecular complexity index is 870. The van der Waals surface area contributed by atoms with E-state index in [4.69, 9.17) is 11.6 Å². The first-order valence-corrected chi connectivity index (χ1v) is 7.26. The zero-order valence-electron chi connectivity index (χ0n) is 11.3. The molecular formula is C18H13ClN2. The largest absolute Gasteiger partial charge is 0.335 e. The zero-order chi connectivity index (χ0) is 14.2. The van der Waals surface area contributed by atoms with Crippen LogP contribution in [-0.2, 0) is 6.54 Å². The molecule has 21 heavy (non-hydrogen) atoms. The maximum absolute atomic E-state index is 5.97. The lowest BCUT2D eigenvalue weighted by Crippen LogP contribution is -1.99. The summed E-state index contributed by atoms with van der Waals surface area (Å²) < 4.78 is 2.31. The number of hydrogen-bond donors (Lipinski definition) is 0. The molecule has 0 radical (unpaired) electrons. The highest BCUT2D eigenvalue weighted by molar-refractivity contribution is 6.30. The highest BCUT2D eigenvalue weighted by Gasteiger charge is 2.10. The Hall–Kier alpha value is -2.32. The summed E-state index contributed by atoms with van der Waals surface area (Å²) in [7, 11) is 0. The Morgan fingerprint density at radius 3 is 2.48 bits per heavy atom. The molecule has 2 nitrogen and oxygen atoms in total. The van der Waals surface area contributed by atoms with Crippen LogP contribution in [0.1, 0.15) is 5.56 Å². The van der Waals surface area contributed by atoms with E-state index in [-0.39, 0.29) is 0 Å². The molecule has 0 unspecified atom stereocenters. The third-order valence-electron chi connectivity index (χ3n) is 3.83. The first kappa shape index (κ1) is 12.4. The summed E-state index contributed by atoms with van der Waals surface area (Å²) in [6.45, 7) is 0.812. The molecule has 0 N–H and O–H groups in total.